The third kappa shape index (κ3) is 2.25. The Balaban J connectivity index is 1.64. The van der Waals surface area contributed by atoms with Gasteiger partial charge in [0.25, 0.3) is 0 Å². The molecule has 1 amide bonds. The molecular weight excluding hydrogens is 312 g/mol. The number of carbonyl (C=O) groups excluding carboxylic acids is 1. The van der Waals surface area contributed by atoms with Crippen LogP contribution in [-0.4, -0.2) is 28.8 Å². The fourth-order valence-electron chi connectivity index (χ4n) is 4.01. The highest BCUT2D eigenvalue weighted by molar-refractivity contribution is 6.35. The molecular formula is C17H21ClN4O. The largest absolute Gasteiger partial charge is 0.345 e. The molecule has 6 heteroatoms. The minimum Gasteiger partial charge on any atom is -0.345 e. The maximum atomic E-state index is 12.6. The molecule has 2 N–H and O–H groups in total. The fourth-order valence-corrected chi connectivity index (χ4v) is 4.31. The number of halogens is 1. The summed E-state index contributed by atoms with van der Waals surface area (Å²) in [6.45, 7) is 5.94. The molecule has 2 unspecified atom stereocenters. The Hall–Kier alpha value is -1.59. The summed E-state index contributed by atoms with van der Waals surface area (Å²) in [7, 11) is 1.88. The van der Waals surface area contributed by atoms with E-state index in [-0.39, 0.29) is 11.8 Å². The number of amides is 1. The molecule has 2 heterocycles. The lowest BCUT2D eigenvalue weighted by Crippen LogP contribution is -2.43. The topological polar surface area (TPSA) is 59.0 Å². The van der Waals surface area contributed by atoms with Crippen molar-refractivity contribution in [1.29, 1.82) is 0 Å². The van der Waals surface area contributed by atoms with Crippen molar-refractivity contribution >= 4 is 28.4 Å². The van der Waals surface area contributed by atoms with Gasteiger partial charge in [0.2, 0.25) is 5.91 Å². The Morgan fingerprint density at radius 1 is 1.39 bits per heavy atom. The van der Waals surface area contributed by atoms with Gasteiger partial charge in [0, 0.05) is 18.4 Å². The minimum absolute atomic E-state index is 0.146. The van der Waals surface area contributed by atoms with Crippen LogP contribution in [0.2, 0.25) is 5.02 Å². The van der Waals surface area contributed by atoms with Crippen molar-refractivity contribution in [3.8, 4) is 0 Å². The summed E-state index contributed by atoms with van der Waals surface area (Å²) < 4.78 is 1.79. The Labute approximate surface area is 140 Å². The van der Waals surface area contributed by atoms with E-state index in [1.807, 2.05) is 39.1 Å². The average molecular weight is 333 g/mol. The van der Waals surface area contributed by atoms with Crippen molar-refractivity contribution in [3.05, 3.63) is 28.9 Å². The second-order valence-corrected chi connectivity index (χ2v) is 7.64. The van der Waals surface area contributed by atoms with Gasteiger partial charge in [-0.05, 0) is 44.8 Å². The zero-order chi connectivity index (χ0) is 16.4. The monoisotopic (exact) mass is 332 g/mol. The smallest absolute Gasteiger partial charge is 0.224 e. The van der Waals surface area contributed by atoms with E-state index in [0.717, 1.165) is 29.7 Å². The number of rotatable bonds is 3. The lowest BCUT2D eigenvalue weighted by atomic mass is 9.96. The van der Waals surface area contributed by atoms with Crippen LogP contribution in [0.15, 0.2) is 18.2 Å². The van der Waals surface area contributed by atoms with E-state index >= 15 is 0 Å². The molecule has 1 aromatic carbocycles. The number of hydrogen-bond donors (Lipinski definition) is 2. The molecule has 1 saturated heterocycles. The number of nitrogens with one attached hydrogen (secondary N) is 2. The number of piperidine rings is 1. The predicted octanol–water partition coefficient (Wildman–Crippen LogP) is 2.04. The van der Waals surface area contributed by atoms with Crippen LogP contribution in [0, 0.1) is 17.8 Å². The van der Waals surface area contributed by atoms with Gasteiger partial charge in [0.15, 0.2) is 0 Å². The summed E-state index contributed by atoms with van der Waals surface area (Å²) in [5.74, 6) is 1.34. The predicted molar refractivity (Wildman–Crippen MR) is 90.2 cm³/mol. The lowest BCUT2D eigenvalue weighted by Gasteiger charge is -2.25. The van der Waals surface area contributed by atoms with Crippen molar-refractivity contribution in [3.63, 3.8) is 0 Å². The number of benzene rings is 1. The molecule has 2 atom stereocenters. The van der Waals surface area contributed by atoms with E-state index in [9.17, 15) is 4.79 Å². The molecule has 1 aliphatic heterocycles. The van der Waals surface area contributed by atoms with Crippen LogP contribution in [0.3, 0.4) is 0 Å². The zero-order valence-corrected chi connectivity index (χ0v) is 14.3. The van der Waals surface area contributed by atoms with Crippen LogP contribution in [0.25, 0.3) is 10.9 Å². The highest BCUT2D eigenvalue weighted by atomic mass is 35.5. The highest BCUT2D eigenvalue weighted by Crippen LogP contribution is 2.49. The van der Waals surface area contributed by atoms with Crippen molar-refractivity contribution in [2.75, 3.05) is 13.1 Å². The summed E-state index contributed by atoms with van der Waals surface area (Å²) >= 11 is 6.30. The quantitative estimate of drug-likeness (QED) is 0.904. The van der Waals surface area contributed by atoms with Gasteiger partial charge < -0.3 is 10.6 Å². The summed E-state index contributed by atoms with van der Waals surface area (Å²) in [6.07, 6.45) is 0. The van der Waals surface area contributed by atoms with Crippen LogP contribution in [0.1, 0.15) is 19.5 Å². The molecule has 4 rings (SSSR count). The molecule has 0 radical (unpaired) electrons. The van der Waals surface area contributed by atoms with Gasteiger partial charge in [-0.3, -0.25) is 9.48 Å². The number of hydrogen-bond acceptors (Lipinski definition) is 3. The van der Waals surface area contributed by atoms with Crippen LogP contribution in [0.4, 0.5) is 0 Å². The normalized spacial score (nSPS) is 26.3. The molecule has 1 aromatic heterocycles. The zero-order valence-electron chi connectivity index (χ0n) is 13.6. The molecule has 1 saturated carbocycles. The summed E-state index contributed by atoms with van der Waals surface area (Å²) in [4.78, 5) is 12.6. The first-order chi connectivity index (χ1) is 10.9. The second kappa shape index (κ2) is 4.95. The maximum Gasteiger partial charge on any atom is 0.224 e. The van der Waals surface area contributed by atoms with E-state index in [4.69, 9.17) is 11.6 Å². The van der Waals surface area contributed by atoms with Gasteiger partial charge >= 0.3 is 0 Å². The van der Waals surface area contributed by atoms with Crippen LogP contribution in [0.5, 0.6) is 0 Å². The van der Waals surface area contributed by atoms with Gasteiger partial charge in [-0.1, -0.05) is 23.7 Å². The summed E-state index contributed by atoms with van der Waals surface area (Å²) in [6, 6.07) is 5.79. The van der Waals surface area contributed by atoms with Crippen molar-refractivity contribution < 1.29 is 4.79 Å². The van der Waals surface area contributed by atoms with Gasteiger partial charge in [0.05, 0.1) is 21.8 Å². The SMILES string of the molecule is Cn1nc(C(C)(C)NC(=O)C2C3CNCC32)c2cccc(Cl)c21. The van der Waals surface area contributed by atoms with E-state index in [2.05, 4.69) is 15.7 Å². The third-order valence-electron chi connectivity index (χ3n) is 5.24. The number of fused-ring (bicyclic) bond motifs is 2. The van der Waals surface area contributed by atoms with Crippen molar-refractivity contribution in [2.45, 2.75) is 19.4 Å². The molecule has 122 valence electrons. The standard InChI is InChI=1S/C17H21ClN4O/c1-17(2,20-16(23)13-10-7-19-8-11(10)13)15-9-5-4-6-12(18)14(9)22(3)21-15/h4-6,10-11,13,19H,7-8H2,1-3H3,(H,20,23). The lowest BCUT2D eigenvalue weighted by molar-refractivity contribution is -0.124. The van der Waals surface area contributed by atoms with E-state index in [1.165, 1.54) is 0 Å². The van der Waals surface area contributed by atoms with E-state index in [1.54, 1.807) is 4.68 Å². The second-order valence-electron chi connectivity index (χ2n) is 7.23. The Bertz CT molecular complexity index is 787. The number of nitrogens with zero attached hydrogens (tertiary/aromatic N) is 2. The summed E-state index contributed by atoms with van der Waals surface area (Å²) in [5, 5.41) is 12.8. The van der Waals surface area contributed by atoms with Crippen molar-refractivity contribution in [1.82, 2.24) is 20.4 Å². The maximum absolute atomic E-state index is 12.6. The molecule has 0 spiro atoms. The highest BCUT2D eigenvalue weighted by Gasteiger charge is 2.57. The van der Waals surface area contributed by atoms with Gasteiger partial charge in [-0.2, -0.15) is 5.10 Å². The molecule has 23 heavy (non-hydrogen) atoms. The summed E-state index contributed by atoms with van der Waals surface area (Å²) in [5.41, 5.74) is 1.22. The molecule has 2 fully saturated rings. The molecule has 5 nitrogen and oxygen atoms in total. The molecule has 2 aliphatic rings. The van der Waals surface area contributed by atoms with Crippen LogP contribution >= 0.6 is 11.6 Å². The third-order valence-corrected chi connectivity index (χ3v) is 5.54. The fraction of sp³-hybridized carbons (Fsp3) is 0.529. The van der Waals surface area contributed by atoms with Gasteiger partial charge in [-0.15, -0.1) is 0 Å². The number of aromatic nitrogens is 2. The average Bonchev–Trinajstić information content (AvgIpc) is 2.81. The van der Waals surface area contributed by atoms with Crippen LogP contribution in [-0.2, 0) is 17.4 Å². The van der Waals surface area contributed by atoms with E-state index < -0.39 is 5.54 Å². The van der Waals surface area contributed by atoms with Crippen LogP contribution < -0.4 is 10.6 Å². The first kappa shape index (κ1) is 15.0. The molecule has 0 bridgehead atoms. The van der Waals surface area contributed by atoms with Gasteiger partial charge in [-0.25, -0.2) is 0 Å². The molecule has 2 aromatic rings. The van der Waals surface area contributed by atoms with Crippen molar-refractivity contribution in [2.24, 2.45) is 24.8 Å². The Kier molecular flexibility index (Phi) is 3.22. The number of aryl methyl sites for hydroxylation is 1. The first-order valence-electron chi connectivity index (χ1n) is 8.04. The van der Waals surface area contributed by atoms with Gasteiger partial charge in [0.1, 0.15) is 0 Å². The molecule has 1 aliphatic carbocycles. The number of para-hydroxylation sites is 1. The Morgan fingerprint density at radius 2 is 2.09 bits per heavy atom. The van der Waals surface area contributed by atoms with E-state index in [0.29, 0.717) is 16.9 Å². The minimum atomic E-state index is -0.536. The number of carbonyl (C=O) groups is 1. The Morgan fingerprint density at radius 3 is 2.78 bits per heavy atom. The first-order valence-corrected chi connectivity index (χ1v) is 8.42.